The Morgan fingerprint density at radius 1 is 1.25 bits per heavy atom. The van der Waals surface area contributed by atoms with E-state index in [-0.39, 0.29) is 11.6 Å². The third-order valence-electron chi connectivity index (χ3n) is 5.22. The number of hydrogen-bond donors (Lipinski definition) is 2. The molecular formula is C20H23N5O3. The fourth-order valence-corrected chi connectivity index (χ4v) is 3.59. The molecule has 1 amide bonds. The van der Waals surface area contributed by atoms with Crippen LogP contribution < -0.4 is 16.3 Å². The molecular weight excluding hydrogens is 358 g/mol. The van der Waals surface area contributed by atoms with E-state index in [2.05, 4.69) is 15.7 Å². The maximum atomic E-state index is 12.8. The van der Waals surface area contributed by atoms with Crippen molar-refractivity contribution in [2.45, 2.75) is 25.0 Å². The molecule has 0 spiro atoms. The van der Waals surface area contributed by atoms with Gasteiger partial charge >= 0.3 is 5.69 Å². The number of benzene rings is 1. The van der Waals surface area contributed by atoms with Gasteiger partial charge in [0, 0.05) is 19.0 Å². The molecule has 8 heteroatoms. The second-order valence-corrected chi connectivity index (χ2v) is 6.97. The molecule has 8 nitrogen and oxygen atoms in total. The highest BCUT2D eigenvalue weighted by molar-refractivity contribution is 5.97. The number of hydrogen-bond acceptors (Lipinski definition) is 5. The normalized spacial score (nSPS) is 16.2. The summed E-state index contributed by atoms with van der Waals surface area (Å²) in [6, 6.07) is 12.9. The Bertz CT molecular complexity index is 1050. The molecule has 2 N–H and O–H groups in total. The minimum atomic E-state index is -0.806. The average Bonchev–Trinajstić information content (AvgIpc) is 3.04. The van der Waals surface area contributed by atoms with Crippen molar-refractivity contribution in [3.8, 4) is 0 Å². The number of nitrogens with zero attached hydrogens (tertiary/aromatic N) is 3. The van der Waals surface area contributed by atoms with Gasteiger partial charge in [-0.3, -0.25) is 9.20 Å². The molecule has 1 aliphatic heterocycles. The molecule has 0 atom stereocenters. The number of rotatable bonds is 5. The standard InChI is InChI=1S/C20H23N5O3/c1-28-20(8-10-21-11-9-20)18(26)22-16-6-4-5-15(13-16)14-25-19(27)24-12-3-2-7-17(24)23-25/h2-7,12-13,21H,8-11,14H2,1H3,(H,22,26). The van der Waals surface area contributed by atoms with Crippen molar-refractivity contribution in [1.82, 2.24) is 19.5 Å². The topological polar surface area (TPSA) is 89.7 Å². The largest absolute Gasteiger partial charge is 0.368 e. The van der Waals surface area contributed by atoms with Crippen LogP contribution in [-0.2, 0) is 16.1 Å². The van der Waals surface area contributed by atoms with E-state index in [1.54, 1.807) is 25.4 Å². The molecule has 2 aromatic heterocycles. The maximum Gasteiger partial charge on any atom is 0.350 e. The number of anilines is 1. The lowest BCUT2D eigenvalue weighted by Gasteiger charge is -2.34. The second kappa shape index (κ2) is 7.57. The molecule has 1 fully saturated rings. The Hall–Kier alpha value is -2.97. The van der Waals surface area contributed by atoms with Crippen molar-refractivity contribution in [3.63, 3.8) is 0 Å². The van der Waals surface area contributed by atoms with Crippen molar-refractivity contribution in [1.29, 1.82) is 0 Å². The first kappa shape index (κ1) is 18.4. The number of pyridine rings is 1. The number of methoxy groups -OCH3 is 1. The summed E-state index contributed by atoms with van der Waals surface area (Å²) in [7, 11) is 1.58. The van der Waals surface area contributed by atoms with Gasteiger partial charge in [0.05, 0.1) is 6.54 Å². The Kier molecular flexibility index (Phi) is 4.97. The molecule has 4 rings (SSSR count). The van der Waals surface area contributed by atoms with Gasteiger partial charge in [-0.2, -0.15) is 0 Å². The Morgan fingerprint density at radius 3 is 2.82 bits per heavy atom. The van der Waals surface area contributed by atoms with Gasteiger partial charge in [-0.15, -0.1) is 5.10 Å². The highest BCUT2D eigenvalue weighted by atomic mass is 16.5. The highest BCUT2D eigenvalue weighted by Gasteiger charge is 2.39. The zero-order valence-electron chi connectivity index (χ0n) is 15.7. The van der Waals surface area contributed by atoms with Crippen molar-refractivity contribution in [2.75, 3.05) is 25.5 Å². The molecule has 0 aliphatic carbocycles. The summed E-state index contributed by atoms with van der Waals surface area (Å²) in [6.45, 7) is 1.82. The van der Waals surface area contributed by atoms with Crippen LogP contribution in [0, 0.1) is 0 Å². The number of aromatic nitrogens is 3. The smallest absolute Gasteiger partial charge is 0.350 e. The summed E-state index contributed by atoms with van der Waals surface area (Å²) in [5.41, 5.74) is 1.15. The summed E-state index contributed by atoms with van der Waals surface area (Å²) in [5.74, 6) is -0.140. The number of nitrogens with one attached hydrogen (secondary N) is 2. The summed E-state index contributed by atoms with van der Waals surface area (Å²) in [6.07, 6.45) is 2.96. The van der Waals surface area contributed by atoms with E-state index < -0.39 is 5.60 Å². The number of carbonyl (C=O) groups excluding carboxylic acids is 1. The molecule has 3 heterocycles. The Morgan fingerprint density at radius 2 is 2.07 bits per heavy atom. The van der Waals surface area contributed by atoms with Crippen LogP contribution in [-0.4, -0.2) is 45.9 Å². The summed E-state index contributed by atoms with van der Waals surface area (Å²) < 4.78 is 8.50. The van der Waals surface area contributed by atoms with E-state index in [1.165, 1.54) is 9.08 Å². The van der Waals surface area contributed by atoms with Gasteiger partial charge in [0.1, 0.15) is 5.60 Å². The first-order chi connectivity index (χ1) is 13.6. The number of piperidine rings is 1. The predicted molar refractivity (Wildman–Crippen MR) is 105 cm³/mol. The number of amides is 1. The van der Waals surface area contributed by atoms with Crippen LogP contribution in [0.2, 0.25) is 0 Å². The predicted octanol–water partition coefficient (Wildman–Crippen LogP) is 1.25. The van der Waals surface area contributed by atoms with Crippen LogP contribution in [0.3, 0.4) is 0 Å². The zero-order chi connectivity index (χ0) is 19.6. The summed E-state index contributed by atoms with van der Waals surface area (Å²) in [5, 5.41) is 10.6. The fourth-order valence-electron chi connectivity index (χ4n) is 3.59. The average molecular weight is 381 g/mol. The van der Waals surface area contributed by atoms with Crippen molar-refractivity contribution >= 4 is 17.2 Å². The highest BCUT2D eigenvalue weighted by Crippen LogP contribution is 2.25. The lowest BCUT2D eigenvalue weighted by molar-refractivity contribution is -0.140. The van der Waals surface area contributed by atoms with Crippen molar-refractivity contribution in [3.05, 3.63) is 64.7 Å². The molecule has 28 heavy (non-hydrogen) atoms. The molecule has 1 saturated heterocycles. The van der Waals surface area contributed by atoms with Gasteiger partial charge in [-0.1, -0.05) is 18.2 Å². The van der Waals surface area contributed by atoms with Crippen molar-refractivity contribution in [2.24, 2.45) is 0 Å². The summed E-state index contributed by atoms with van der Waals surface area (Å²) in [4.78, 5) is 25.3. The SMILES string of the molecule is COC1(C(=O)Nc2cccc(Cn3nc4ccccn4c3=O)c2)CCNCC1. The number of carbonyl (C=O) groups is 1. The van der Waals surface area contributed by atoms with Gasteiger partial charge in [0.25, 0.3) is 5.91 Å². The van der Waals surface area contributed by atoms with Gasteiger partial charge in [0.2, 0.25) is 0 Å². The quantitative estimate of drug-likeness (QED) is 0.694. The van der Waals surface area contributed by atoms with Crippen LogP contribution in [0.4, 0.5) is 5.69 Å². The van der Waals surface area contributed by atoms with E-state index in [1.807, 2.05) is 30.3 Å². The van der Waals surface area contributed by atoms with E-state index in [0.29, 0.717) is 30.7 Å². The van der Waals surface area contributed by atoms with Crippen LogP contribution in [0.25, 0.3) is 5.65 Å². The molecule has 146 valence electrons. The van der Waals surface area contributed by atoms with E-state index in [9.17, 15) is 9.59 Å². The Balaban J connectivity index is 1.53. The molecule has 0 saturated carbocycles. The first-order valence-electron chi connectivity index (χ1n) is 9.32. The van der Waals surface area contributed by atoms with Crippen LogP contribution in [0.5, 0.6) is 0 Å². The second-order valence-electron chi connectivity index (χ2n) is 6.97. The fraction of sp³-hybridized carbons (Fsp3) is 0.350. The van der Waals surface area contributed by atoms with Crippen LogP contribution >= 0.6 is 0 Å². The van der Waals surface area contributed by atoms with Crippen LogP contribution in [0.15, 0.2) is 53.5 Å². The number of ether oxygens (including phenoxy) is 1. The Labute approximate surface area is 162 Å². The third-order valence-corrected chi connectivity index (χ3v) is 5.22. The molecule has 1 aliphatic rings. The monoisotopic (exact) mass is 381 g/mol. The maximum absolute atomic E-state index is 12.8. The minimum absolute atomic E-state index is 0.140. The molecule has 0 bridgehead atoms. The molecule has 0 radical (unpaired) electrons. The third kappa shape index (κ3) is 3.44. The lowest BCUT2D eigenvalue weighted by Crippen LogP contribution is -2.51. The summed E-state index contributed by atoms with van der Waals surface area (Å²) >= 11 is 0. The van der Waals surface area contributed by atoms with E-state index >= 15 is 0 Å². The lowest BCUT2D eigenvalue weighted by atomic mass is 9.91. The van der Waals surface area contributed by atoms with Crippen LogP contribution in [0.1, 0.15) is 18.4 Å². The molecule has 3 aromatic rings. The van der Waals surface area contributed by atoms with Gasteiger partial charge < -0.3 is 15.4 Å². The van der Waals surface area contributed by atoms with Gasteiger partial charge in [-0.25, -0.2) is 9.48 Å². The van der Waals surface area contributed by atoms with E-state index in [0.717, 1.165) is 18.7 Å². The minimum Gasteiger partial charge on any atom is -0.368 e. The van der Waals surface area contributed by atoms with Gasteiger partial charge in [-0.05, 0) is 55.8 Å². The molecule has 1 aromatic carbocycles. The van der Waals surface area contributed by atoms with Gasteiger partial charge in [0.15, 0.2) is 5.65 Å². The zero-order valence-corrected chi connectivity index (χ0v) is 15.7. The van der Waals surface area contributed by atoms with Crippen molar-refractivity contribution < 1.29 is 9.53 Å². The molecule has 0 unspecified atom stereocenters. The number of fused-ring (bicyclic) bond motifs is 1. The van der Waals surface area contributed by atoms with E-state index in [4.69, 9.17) is 4.74 Å². The first-order valence-corrected chi connectivity index (χ1v) is 9.32.